The summed E-state index contributed by atoms with van der Waals surface area (Å²) in [5.41, 5.74) is 6.12. The van der Waals surface area contributed by atoms with Crippen molar-refractivity contribution >= 4 is 62.4 Å². The zero-order valence-corrected chi connectivity index (χ0v) is 27.3. The second-order valence-corrected chi connectivity index (χ2v) is 12.6. The maximum Gasteiger partial charge on any atom is 0.337 e. The first-order valence-electron chi connectivity index (χ1n) is 16.2. The van der Waals surface area contributed by atoms with Crippen LogP contribution in [0.3, 0.4) is 0 Å². The topological polar surface area (TPSA) is 112 Å². The van der Waals surface area contributed by atoms with E-state index in [1.54, 1.807) is 18.2 Å². The summed E-state index contributed by atoms with van der Waals surface area (Å²) >= 11 is 6.54. The van der Waals surface area contributed by atoms with Crippen molar-refractivity contribution in [2.45, 2.75) is 44.8 Å². The number of allylic oxidation sites excluding steroid dienone is 2. The minimum atomic E-state index is -0.433. The van der Waals surface area contributed by atoms with E-state index in [-0.39, 0.29) is 24.5 Å². The van der Waals surface area contributed by atoms with E-state index in [9.17, 15) is 9.59 Å². The Morgan fingerprint density at radius 2 is 1.90 bits per heavy atom. The summed E-state index contributed by atoms with van der Waals surface area (Å²) in [6.07, 6.45) is 6.13. The number of methoxy groups -OCH3 is 1. The summed E-state index contributed by atoms with van der Waals surface area (Å²) in [6, 6.07) is 22.5. The number of fused-ring (bicyclic) bond motifs is 3. The molecule has 2 aromatic heterocycles. The number of hydrogen-bond acceptors (Lipinski definition) is 8. The summed E-state index contributed by atoms with van der Waals surface area (Å²) < 4.78 is 22.7. The van der Waals surface area contributed by atoms with E-state index in [2.05, 4.69) is 16.7 Å². The monoisotopic (exact) mass is 665 g/mol. The fourth-order valence-corrected chi connectivity index (χ4v) is 6.52. The highest BCUT2D eigenvalue weighted by Gasteiger charge is 2.22. The van der Waals surface area contributed by atoms with Gasteiger partial charge in [-0.15, -0.1) is 0 Å². The number of carbonyl (C=O) groups excluding carboxylic acids is 2. The van der Waals surface area contributed by atoms with Gasteiger partial charge in [0.15, 0.2) is 0 Å². The van der Waals surface area contributed by atoms with E-state index < -0.39 is 5.97 Å². The third-order valence-electron chi connectivity index (χ3n) is 9.01. The highest BCUT2D eigenvalue weighted by Crippen LogP contribution is 2.37. The van der Waals surface area contributed by atoms with Crippen LogP contribution in [0.1, 0.15) is 53.7 Å². The molecule has 48 heavy (non-hydrogen) atoms. The van der Waals surface area contributed by atoms with Gasteiger partial charge < -0.3 is 29.3 Å². The molecule has 3 heterocycles. The number of para-hydroxylation sites is 1. The molecule has 9 nitrogen and oxygen atoms in total. The molecule has 10 heteroatoms. The lowest BCUT2D eigenvalue weighted by Crippen LogP contribution is -2.33. The number of furan rings is 1. The normalized spacial score (nSPS) is 17.4. The molecule has 1 amide bonds. The largest absolute Gasteiger partial charge is 0.473 e. The van der Waals surface area contributed by atoms with Gasteiger partial charge >= 0.3 is 5.97 Å². The minimum absolute atomic E-state index is 0.0695. The Balaban J connectivity index is 0.969. The zero-order chi connectivity index (χ0) is 33.0. The number of benzene rings is 3. The van der Waals surface area contributed by atoms with Crippen LogP contribution in [0, 0.1) is 5.92 Å². The highest BCUT2D eigenvalue weighted by molar-refractivity contribution is 6.37. The third kappa shape index (κ3) is 6.88. The Morgan fingerprint density at radius 3 is 2.69 bits per heavy atom. The molecule has 3 aromatic carbocycles. The van der Waals surface area contributed by atoms with E-state index in [0.29, 0.717) is 40.8 Å². The van der Waals surface area contributed by atoms with Gasteiger partial charge in [-0.3, -0.25) is 4.79 Å². The van der Waals surface area contributed by atoms with Gasteiger partial charge in [0.1, 0.15) is 17.8 Å². The van der Waals surface area contributed by atoms with Crippen LogP contribution in [-0.2, 0) is 20.9 Å². The van der Waals surface area contributed by atoms with Crippen LogP contribution in [0.2, 0.25) is 5.02 Å². The van der Waals surface area contributed by atoms with Crippen molar-refractivity contribution in [1.82, 2.24) is 4.98 Å². The molecular weight excluding hydrogens is 630 g/mol. The first-order valence-corrected chi connectivity index (χ1v) is 16.6. The van der Waals surface area contributed by atoms with Crippen molar-refractivity contribution in [3.8, 4) is 5.88 Å². The van der Waals surface area contributed by atoms with E-state index in [0.717, 1.165) is 71.1 Å². The number of rotatable bonds is 11. The van der Waals surface area contributed by atoms with Gasteiger partial charge in [0.2, 0.25) is 11.8 Å². The average Bonchev–Trinajstić information content (AvgIpc) is 3.49. The van der Waals surface area contributed by atoms with Crippen molar-refractivity contribution in [2.75, 3.05) is 30.9 Å². The SMILES string of the molecule is COC(=O)c1ccc(NC(=O)CC2CC=C(c3cccc(OCc4ccc(Cl)c5c4oc4ccccc45)n3)CC2)c(NC[C@@H]2CCO2)c1. The van der Waals surface area contributed by atoms with Crippen molar-refractivity contribution in [3.05, 3.63) is 101 Å². The molecule has 2 aliphatic rings. The quantitative estimate of drug-likeness (QED) is 0.135. The van der Waals surface area contributed by atoms with E-state index >= 15 is 0 Å². The van der Waals surface area contributed by atoms with Crippen molar-refractivity contribution in [1.29, 1.82) is 0 Å². The molecule has 0 radical (unpaired) electrons. The van der Waals surface area contributed by atoms with Gasteiger partial charge in [-0.05, 0) is 73.6 Å². The second kappa shape index (κ2) is 14.1. The van der Waals surface area contributed by atoms with Crippen molar-refractivity contribution in [3.63, 3.8) is 0 Å². The molecule has 5 aromatic rings. The zero-order valence-electron chi connectivity index (χ0n) is 26.6. The first kappa shape index (κ1) is 31.7. The Kier molecular flexibility index (Phi) is 9.31. The van der Waals surface area contributed by atoms with Crippen LogP contribution >= 0.6 is 11.6 Å². The van der Waals surface area contributed by atoms with Gasteiger partial charge in [0, 0.05) is 42.0 Å². The fourth-order valence-electron chi connectivity index (χ4n) is 6.26. The molecule has 1 aliphatic carbocycles. The van der Waals surface area contributed by atoms with Gasteiger partial charge in [0.25, 0.3) is 0 Å². The maximum atomic E-state index is 13.1. The standard InChI is InChI=1S/C38H36ClN3O6/c1-45-38(44)25-14-16-31(32(20-25)40-21-27-17-18-46-27)41-34(43)19-23-9-11-24(12-10-23)30-6-4-8-35(42-30)47-22-26-13-15-29(39)36-28-5-2-3-7-33(28)48-37(26)36/h2-8,11,13-16,20,23,27,40H,9-10,12,17-19,21-22H2,1H3,(H,41,43)/t23?,27-/m0/s1. The van der Waals surface area contributed by atoms with E-state index in [4.69, 9.17) is 35.2 Å². The molecular formula is C38H36ClN3O6. The Labute approximate surface area is 283 Å². The van der Waals surface area contributed by atoms with Crippen LogP contribution in [-0.4, -0.2) is 43.2 Å². The molecule has 2 atom stereocenters. The van der Waals surface area contributed by atoms with E-state index in [1.165, 1.54) is 7.11 Å². The van der Waals surface area contributed by atoms with Crippen molar-refractivity contribution < 1.29 is 28.2 Å². The van der Waals surface area contributed by atoms with Crippen LogP contribution in [0.15, 0.2) is 83.3 Å². The number of nitrogens with zero attached hydrogens (tertiary/aromatic N) is 1. The molecule has 2 N–H and O–H groups in total. The molecule has 1 aliphatic heterocycles. The molecule has 0 saturated carbocycles. The van der Waals surface area contributed by atoms with Crippen LogP contribution in [0.25, 0.3) is 27.5 Å². The summed E-state index contributed by atoms with van der Waals surface area (Å²) in [7, 11) is 1.35. The second-order valence-electron chi connectivity index (χ2n) is 12.2. The molecule has 7 rings (SSSR count). The molecule has 246 valence electrons. The lowest BCUT2D eigenvalue weighted by atomic mass is 9.86. The number of carbonyl (C=O) groups is 2. The Hall–Kier alpha value is -4.86. The van der Waals surface area contributed by atoms with Gasteiger partial charge in [0.05, 0.1) is 40.9 Å². The number of halogens is 1. The van der Waals surface area contributed by atoms with Gasteiger partial charge in [-0.2, -0.15) is 0 Å². The number of ether oxygens (including phenoxy) is 3. The molecule has 1 fully saturated rings. The third-order valence-corrected chi connectivity index (χ3v) is 9.32. The number of pyridine rings is 1. The summed E-state index contributed by atoms with van der Waals surface area (Å²) in [6.45, 7) is 1.63. The number of amides is 1. The Morgan fingerprint density at radius 1 is 1.02 bits per heavy atom. The van der Waals surface area contributed by atoms with Gasteiger partial charge in [-0.1, -0.05) is 48.0 Å². The number of esters is 1. The first-order chi connectivity index (χ1) is 23.4. The van der Waals surface area contributed by atoms with E-state index in [1.807, 2.05) is 54.6 Å². The lowest BCUT2D eigenvalue weighted by molar-refractivity contribution is -0.117. The average molecular weight is 666 g/mol. The molecule has 0 bridgehead atoms. The van der Waals surface area contributed by atoms with Gasteiger partial charge in [-0.25, -0.2) is 9.78 Å². The predicted molar refractivity (Wildman–Crippen MR) is 186 cm³/mol. The summed E-state index contributed by atoms with van der Waals surface area (Å²) in [4.78, 5) is 30.0. The minimum Gasteiger partial charge on any atom is -0.473 e. The van der Waals surface area contributed by atoms with Crippen LogP contribution in [0.5, 0.6) is 5.88 Å². The lowest BCUT2D eigenvalue weighted by Gasteiger charge is -2.27. The summed E-state index contributed by atoms with van der Waals surface area (Å²) in [5, 5.41) is 8.87. The number of anilines is 2. The fraction of sp³-hybridized carbons (Fsp3) is 0.289. The Bertz CT molecular complexity index is 2020. The molecule has 1 unspecified atom stereocenters. The maximum absolute atomic E-state index is 13.1. The van der Waals surface area contributed by atoms with Crippen molar-refractivity contribution in [2.24, 2.45) is 5.92 Å². The highest BCUT2D eigenvalue weighted by atomic mass is 35.5. The molecule has 1 saturated heterocycles. The predicted octanol–water partition coefficient (Wildman–Crippen LogP) is 8.41. The molecule has 0 spiro atoms. The number of hydrogen-bond donors (Lipinski definition) is 2. The summed E-state index contributed by atoms with van der Waals surface area (Å²) in [5.74, 6) is 0.233. The van der Waals surface area contributed by atoms with Crippen LogP contribution < -0.4 is 15.4 Å². The number of nitrogens with one attached hydrogen (secondary N) is 2. The smallest absolute Gasteiger partial charge is 0.337 e. The number of aromatic nitrogens is 1. The van der Waals surface area contributed by atoms with Crippen LogP contribution in [0.4, 0.5) is 11.4 Å².